The summed E-state index contributed by atoms with van der Waals surface area (Å²) in [5, 5.41) is 47.9. The SMILES string of the molecule is COc1c2c3c4c(c(CCCC(=O)O)c(O)c5c(=O)cc(CO)c(c6c(CO)cc(NCCOC=O)c(c1=O)c63)c54)C=C(C)C2C(C)=O. The lowest BCUT2D eigenvalue weighted by Gasteiger charge is -2.26. The first kappa shape index (κ1) is 32.6. The van der Waals surface area contributed by atoms with Gasteiger partial charge >= 0.3 is 5.97 Å². The third-order valence-electron chi connectivity index (χ3n) is 9.33. The summed E-state index contributed by atoms with van der Waals surface area (Å²) in [6.07, 6.45) is 1.73. The number of Topliss-reactive ketones (excluding diaryl/α,β-unsaturated/α-hetero) is 1. The first-order valence-electron chi connectivity index (χ1n) is 15.4. The third kappa shape index (κ3) is 4.70. The maximum absolute atomic E-state index is 14.5. The molecule has 0 saturated heterocycles. The molecule has 12 heteroatoms. The normalized spacial score (nSPS) is 14.2. The number of methoxy groups -OCH3 is 1. The number of aliphatic hydroxyl groups excluding tert-OH is 2. The number of ketones is 1. The van der Waals surface area contributed by atoms with Gasteiger partial charge in [0.1, 0.15) is 18.1 Å². The van der Waals surface area contributed by atoms with Crippen molar-refractivity contribution in [1.82, 2.24) is 0 Å². The molecule has 1 unspecified atom stereocenters. The topological polar surface area (TPSA) is 197 Å². The monoisotopic (exact) mass is 655 g/mol. The fraction of sp³-hybridized carbons (Fsp3) is 0.306. The highest BCUT2D eigenvalue weighted by Gasteiger charge is 2.36. The summed E-state index contributed by atoms with van der Waals surface area (Å²) < 4.78 is 10.6. The number of carboxylic acid groups (broad SMARTS) is 1. The number of aromatic hydroxyl groups is 1. The molecule has 0 bridgehead atoms. The van der Waals surface area contributed by atoms with Crippen LogP contribution in [0.4, 0.5) is 5.69 Å². The Morgan fingerprint density at radius 2 is 1.62 bits per heavy atom. The first-order chi connectivity index (χ1) is 23.0. The summed E-state index contributed by atoms with van der Waals surface area (Å²) in [6, 6.07) is 2.78. The summed E-state index contributed by atoms with van der Waals surface area (Å²) in [6.45, 7) is 2.37. The minimum absolute atomic E-state index is 0.0286. The number of carboxylic acids is 1. The number of hydrogen-bond acceptors (Lipinski definition) is 11. The van der Waals surface area contributed by atoms with Crippen LogP contribution in [0.3, 0.4) is 0 Å². The number of aliphatic hydroxyl groups is 2. The quantitative estimate of drug-likeness (QED) is 0.0535. The number of anilines is 1. The molecule has 0 aromatic heterocycles. The predicted molar refractivity (Wildman–Crippen MR) is 180 cm³/mol. The molecular weight excluding hydrogens is 622 g/mol. The number of nitrogens with one attached hydrogen (secondary N) is 1. The van der Waals surface area contributed by atoms with Gasteiger partial charge in [-0.3, -0.25) is 24.0 Å². The van der Waals surface area contributed by atoms with Crippen molar-refractivity contribution < 1.29 is 44.3 Å². The van der Waals surface area contributed by atoms with Gasteiger partial charge in [-0.15, -0.1) is 0 Å². The molecule has 1 atom stereocenters. The van der Waals surface area contributed by atoms with E-state index >= 15 is 0 Å². The number of allylic oxidation sites excluding steroid dienone is 1. The predicted octanol–water partition coefficient (Wildman–Crippen LogP) is 3.68. The van der Waals surface area contributed by atoms with Crippen molar-refractivity contribution in [1.29, 1.82) is 0 Å². The second kappa shape index (κ2) is 12.4. The second-order valence-electron chi connectivity index (χ2n) is 12.0. The van der Waals surface area contributed by atoms with Crippen molar-refractivity contribution in [3.63, 3.8) is 0 Å². The van der Waals surface area contributed by atoms with Crippen LogP contribution in [0.1, 0.15) is 60.4 Å². The second-order valence-corrected chi connectivity index (χ2v) is 12.0. The molecule has 1 aliphatic rings. The van der Waals surface area contributed by atoms with Gasteiger partial charge in [-0.25, -0.2) is 0 Å². The Balaban J connectivity index is 2.00. The smallest absolute Gasteiger partial charge is 0.303 e. The molecule has 48 heavy (non-hydrogen) atoms. The van der Waals surface area contributed by atoms with Crippen LogP contribution >= 0.6 is 0 Å². The lowest BCUT2D eigenvalue weighted by Crippen LogP contribution is -2.19. The highest BCUT2D eigenvalue weighted by molar-refractivity contribution is 6.39. The van der Waals surface area contributed by atoms with Crippen LogP contribution in [0.15, 0.2) is 27.3 Å². The van der Waals surface area contributed by atoms with Crippen molar-refractivity contribution >= 4 is 73.1 Å². The standard InChI is InChI=1S/C36H33NO11/c1-15-9-20-19(5-4-6-23(43)44)34(45)29-22(42)11-18(13-39)26-25-17(12-38)10-21(37-7-8-48-14-40)28-31(25)32(27(20)30(26)29)33(24(15)16(2)41)36(47-3)35(28)46/h9-11,14,24,37-39,45H,4-8,12-13H2,1-3H3,(H,43,44). The van der Waals surface area contributed by atoms with E-state index in [0.717, 1.165) is 0 Å². The Hall–Kier alpha value is -5.33. The zero-order valence-electron chi connectivity index (χ0n) is 26.5. The van der Waals surface area contributed by atoms with Crippen LogP contribution in [0.2, 0.25) is 0 Å². The zero-order chi connectivity index (χ0) is 34.6. The summed E-state index contributed by atoms with van der Waals surface area (Å²) in [7, 11) is 1.32. The molecule has 1 aliphatic carbocycles. The molecule has 6 rings (SSSR count). The van der Waals surface area contributed by atoms with E-state index in [0.29, 0.717) is 61.4 Å². The zero-order valence-corrected chi connectivity index (χ0v) is 26.5. The molecule has 0 spiro atoms. The maximum atomic E-state index is 14.5. The molecule has 5 N–H and O–H groups in total. The molecule has 0 saturated carbocycles. The molecule has 5 aromatic rings. The van der Waals surface area contributed by atoms with E-state index in [9.17, 15) is 44.4 Å². The van der Waals surface area contributed by atoms with E-state index in [1.807, 2.05) is 0 Å². The molecule has 0 amide bonds. The molecular formula is C36H33NO11. The molecule has 0 heterocycles. The Labute approximate surface area is 272 Å². The van der Waals surface area contributed by atoms with E-state index in [4.69, 9.17) is 9.47 Å². The van der Waals surface area contributed by atoms with Crippen LogP contribution < -0.4 is 20.9 Å². The van der Waals surface area contributed by atoms with E-state index in [2.05, 4.69) is 5.32 Å². The number of benzene rings is 5. The van der Waals surface area contributed by atoms with Crippen LogP contribution in [-0.4, -0.2) is 58.9 Å². The Morgan fingerprint density at radius 1 is 0.958 bits per heavy atom. The van der Waals surface area contributed by atoms with Crippen LogP contribution in [-0.2, 0) is 38.8 Å². The fourth-order valence-electron chi connectivity index (χ4n) is 7.61. The highest BCUT2D eigenvalue weighted by atomic mass is 16.5. The molecule has 5 aromatic carbocycles. The van der Waals surface area contributed by atoms with Crippen molar-refractivity contribution in [2.75, 3.05) is 25.6 Å². The lowest BCUT2D eigenvalue weighted by molar-refractivity contribution is -0.137. The molecule has 0 fully saturated rings. The minimum Gasteiger partial charge on any atom is -0.507 e. The number of phenols is 1. The van der Waals surface area contributed by atoms with Gasteiger partial charge in [-0.2, -0.15) is 0 Å². The van der Waals surface area contributed by atoms with E-state index in [1.165, 1.54) is 20.1 Å². The van der Waals surface area contributed by atoms with Gasteiger partial charge in [0, 0.05) is 40.6 Å². The number of carbonyl (C=O) groups is 3. The number of ether oxygens (including phenoxy) is 2. The van der Waals surface area contributed by atoms with E-state index in [-0.39, 0.29) is 77.0 Å². The first-order valence-corrected chi connectivity index (χ1v) is 15.4. The average molecular weight is 656 g/mol. The van der Waals surface area contributed by atoms with Crippen molar-refractivity contribution in [3.8, 4) is 11.5 Å². The summed E-state index contributed by atoms with van der Waals surface area (Å²) in [5.41, 5.74) is 1.21. The Kier molecular flexibility index (Phi) is 8.40. The van der Waals surface area contributed by atoms with Gasteiger partial charge in [0.05, 0.1) is 37.0 Å². The third-order valence-corrected chi connectivity index (χ3v) is 9.33. The molecule has 0 aliphatic heterocycles. The number of fused-ring (bicyclic) bond motifs is 1. The molecule has 12 nitrogen and oxygen atoms in total. The summed E-state index contributed by atoms with van der Waals surface area (Å²) in [5.74, 6) is -2.77. The van der Waals surface area contributed by atoms with Crippen molar-refractivity contribution in [2.45, 2.75) is 52.2 Å². The average Bonchev–Trinajstić information content (AvgIpc) is 3.18. The van der Waals surface area contributed by atoms with Gasteiger partial charge < -0.3 is 35.2 Å². The number of phenolic OH excluding ortho intramolecular Hbond substituents is 1. The van der Waals surface area contributed by atoms with E-state index < -0.39 is 36.0 Å². The Morgan fingerprint density at radius 3 is 2.23 bits per heavy atom. The highest BCUT2D eigenvalue weighted by Crippen LogP contribution is 2.54. The van der Waals surface area contributed by atoms with Gasteiger partial charge in [0.2, 0.25) is 5.43 Å². The maximum Gasteiger partial charge on any atom is 0.303 e. The largest absolute Gasteiger partial charge is 0.507 e. The minimum atomic E-state index is -1.03. The van der Waals surface area contributed by atoms with Gasteiger partial charge in [-0.05, 0) is 77.1 Å². The van der Waals surface area contributed by atoms with Crippen molar-refractivity contribution in [2.24, 2.45) is 0 Å². The Bertz CT molecular complexity index is 2330. The number of carbonyl (C=O) groups excluding carboxylic acids is 2. The van der Waals surface area contributed by atoms with Gasteiger partial charge in [-0.1, -0.05) is 11.6 Å². The summed E-state index contributed by atoms with van der Waals surface area (Å²) >= 11 is 0. The molecule has 0 radical (unpaired) electrons. The van der Waals surface area contributed by atoms with Crippen LogP contribution in [0.5, 0.6) is 11.5 Å². The van der Waals surface area contributed by atoms with Gasteiger partial charge in [0.15, 0.2) is 11.2 Å². The number of aliphatic carboxylic acids is 1. The summed E-state index contributed by atoms with van der Waals surface area (Å²) in [4.78, 5) is 64.1. The number of rotatable bonds is 13. The van der Waals surface area contributed by atoms with Gasteiger partial charge in [0.25, 0.3) is 6.47 Å². The number of hydrogen-bond donors (Lipinski definition) is 5. The fourth-order valence-corrected chi connectivity index (χ4v) is 7.61. The van der Waals surface area contributed by atoms with E-state index in [1.54, 1.807) is 19.1 Å². The van der Waals surface area contributed by atoms with Crippen LogP contribution in [0.25, 0.3) is 49.2 Å². The van der Waals surface area contributed by atoms with Crippen molar-refractivity contribution in [3.05, 3.63) is 66.0 Å². The van der Waals surface area contributed by atoms with Crippen LogP contribution in [0, 0.1) is 0 Å². The molecule has 248 valence electrons. The lowest BCUT2D eigenvalue weighted by atomic mass is 9.78.